The van der Waals surface area contributed by atoms with Gasteiger partial charge >= 0.3 is 6.18 Å². The Morgan fingerprint density at radius 3 is 2.35 bits per heavy atom. The van der Waals surface area contributed by atoms with Crippen LogP contribution in [0.4, 0.5) is 13.2 Å². The van der Waals surface area contributed by atoms with E-state index in [1.807, 2.05) is 0 Å². The van der Waals surface area contributed by atoms with E-state index in [2.05, 4.69) is 5.10 Å². The first-order chi connectivity index (χ1) is 12.2. The molecular weight excluding hydrogens is 369 g/mol. The number of amides is 1. The Balaban J connectivity index is 1.97. The van der Waals surface area contributed by atoms with Crippen molar-refractivity contribution in [3.8, 4) is 0 Å². The Labute approximate surface area is 152 Å². The molecule has 2 aromatic rings. The minimum atomic E-state index is -4.75. The monoisotopic (exact) mass is 382 g/mol. The summed E-state index contributed by atoms with van der Waals surface area (Å²) in [5.74, 6) is -0.743. The van der Waals surface area contributed by atoms with Crippen molar-refractivity contribution in [3.05, 3.63) is 70.7 Å². The zero-order valence-electron chi connectivity index (χ0n) is 13.4. The second-order valence-electron chi connectivity index (χ2n) is 5.91. The van der Waals surface area contributed by atoms with Crippen molar-refractivity contribution in [1.82, 2.24) is 5.01 Å². The van der Waals surface area contributed by atoms with Crippen LogP contribution >= 0.6 is 11.6 Å². The van der Waals surface area contributed by atoms with E-state index in [-0.39, 0.29) is 12.0 Å². The summed E-state index contributed by atoms with van der Waals surface area (Å²) in [6.07, 6.45) is -5.79. The van der Waals surface area contributed by atoms with Crippen LogP contribution in [0.25, 0.3) is 0 Å². The molecule has 2 aromatic carbocycles. The summed E-state index contributed by atoms with van der Waals surface area (Å²) in [5, 5.41) is 15.2. The predicted molar refractivity (Wildman–Crippen MR) is 90.4 cm³/mol. The molecule has 1 N–H and O–H groups in total. The van der Waals surface area contributed by atoms with Crippen molar-refractivity contribution in [1.29, 1.82) is 0 Å². The number of nitrogens with zero attached hydrogens (tertiary/aromatic N) is 2. The fraction of sp³-hybridized carbons (Fsp3) is 0.222. The SMILES string of the molecule is O=C(Cc1ccccc1)N1N=C(C(F)(F)F)C[C@@]1(O)c1ccc(Cl)cc1. The first-order valence-electron chi connectivity index (χ1n) is 7.70. The molecule has 3 rings (SSSR count). The normalized spacial score (nSPS) is 20.2. The highest BCUT2D eigenvalue weighted by molar-refractivity contribution is 6.30. The quantitative estimate of drug-likeness (QED) is 0.876. The van der Waals surface area contributed by atoms with Crippen molar-refractivity contribution in [2.24, 2.45) is 5.10 Å². The largest absolute Gasteiger partial charge is 0.431 e. The first-order valence-corrected chi connectivity index (χ1v) is 8.08. The summed E-state index contributed by atoms with van der Waals surface area (Å²) in [6.45, 7) is 0. The number of aliphatic hydroxyl groups is 1. The van der Waals surface area contributed by atoms with Crippen molar-refractivity contribution < 1.29 is 23.1 Å². The number of carbonyl (C=O) groups is 1. The van der Waals surface area contributed by atoms with Crippen LogP contribution in [-0.4, -0.2) is 27.9 Å². The third kappa shape index (κ3) is 3.59. The molecule has 1 aliphatic heterocycles. The fourth-order valence-electron chi connectivity index (χ4n) is 2.75. The maximum absolute atomic E-state index is 13.1. The molecule has 26 heavy (non-hydrogen) atoms. The van der Waals surface area contributed by atoms with E-state index in [4.69, 9.17) is 11.6 Å². The van der Waals surface area contributed by atoms with E-state index in [1.165, 1.54) is 24.3 Å². The van der Waals surface area contributed by atoms with Gasteiger partial charge < -0.3 is 5.11 Å². The van der Waals surface area contributed by atoms with Crippen LogP contribution in [0.3, 0.4) is 0 Å². The van der Waals surface area contributed by atoms with Gasteiger partial charge in [-0.25, -0.2) is 0 Å². The molecule has 4 nitrogen and oxygen atoms in total. The van der Waals surface area contributed by atoms with Crippen molar-refractivity contribution in [2.75, 3.05) is 0 Å². The van der Waals surface area contributed by atoms with Crippen LogP contribution in [0.15, 0.2) is 59.7 Å². The maximum Gasteiger partial charge on any atom is 0.431 e. The molecule has 8 heteroatoms. The lowest BCUT2D eigenvalue weighted by molar-refractivity contribution is -0.157. The summed E-state index contributed by atoms with van der Waals surface area (Å²) < 4.78 is 39.4. The van der Waals surface area contributed by atoms with Gasteiger partial charge in [0.25, 0.3) is 0 Å². The van der Waals surface area contributed by atoms with Gasteiger partial charge in [0.1, 0.15) is 5.71 Å². The van der Waals surface area contributed by atoms with Crippen LogP contribution in [0, 0.1) is 0 Å². The van der Waals surface area contributed by atoms with Crippen molar-refractivity contribution in [3.63, 3.8) is 0 Å². The van der Waals surface area contributed by atoms with Gasteiger partial charge in [-0.2, -0.15) is 23.3 Å². The molecule has 1 atom stereocenters. The fourth-order valence-corrected chi connectivity index (χ4v) is 2.88. The zero-order valence-corrected chi connectivity index (χ0v) is 14.1. The first kappa shape index (κ1) is 18.4. The smallest absolute Gasteiger partial charge is 0.365 e. The molecule has 0 aromatic heterocycles. The van der Waals surface area contributed by atoms with Gasteiger partial charge in [-0.3, -0.25) is 4.79 Å². The number of halogens is 4. The molecule has 0 saturated heterocycles. The van der Waals surface area contributed by atoms with Gasteiger partial charge in [-0.05, 0) is 17.7 Å². The summed E-state index contributed by atoms with van der Waals surface area (Å²) in [5.41, 5.74) is -2.73. The third-order valence-electron chi connectivity index (χ3n) is 4.05. The number of rotatable bonds is 3. The highest BCUT2D eigenvalue weighted by Gasteiger charge is 2.52. The molecule has 0 spiro atoms. The number of hydrogen-bond donors (Lipinski definition) is 1. The second kappa shape index (κ2) is 6.74. The lowest BCUT2D eigenvalue weighted by Gasteiger charge is -2.31. The Hall–Kier alpha value is -2.38. The Kier molecular flexibility index (Phi) is 4.77. The highest BCUT2D eigenvalue weighted by Crippen LogP contribution is 2.40. The molecule has 1 aliphatic rings. The molecule has 0 unspecified atom stereocenters. The average molecular weight is 383 g/mol. The van der Waals surface area contributed by atoms with Gasteiger partial charge in [0.2, 0.25) is 5.91 Å². The van der Waals surface area contributed by atoms with E-state index in [9.17, 15) is 23.1 Å². The number of benzene rings is 2. The summed E-state index contributed by atoms with van der Waals surface area (Å²) in [6, 6.07) is 14.1. The minimum Gasteiger partial charge on any atom is -0.365 e. The molecule has 0 aliphatic carbocycles. The van der Waals surface area contributed by atoms with Crippen molar-refractivity contribution >= 4 is 23.2 Å². The number of carbonyl (C=O) groups excluding carboxylic acids is 1. The Morgan fingerprint density at radius 1 is 1.15 bits per heavy atom. The van der Waals surface area contributed by atoms with Gasteiger partial charge in [0, 0.05) is 10.6 Å². The second-order valence-corrected chi connectivity index (χ2v) is 6.35. The Bertz CT molecular complexity index is 838. The van der Waals surface area contributed by atoms with Gasteiger partial charge in [0.05, 0.1) is 12.8 Å². The van der Waals surface area contributed by atoms with Crippen LogP contribution in [0.2, 0.25) is 5.02 Å². The molecule has 1 heterocycles. The number of hydrazone groups is 1. The van der Waals surface area contributed by atoms with E-state index in [0.717, 1.165) is 0 Å². The predicted octanol–water partition coefficient (Wildman–Crippen LogP) is 3.88. The topological polar surface area (TPSA) is 52.9 Å². The van der Waals surface area contributed by atoms with E-state index < -0.39 is 29.9 Å². The van der Waals surface area contributed by atoms with E-state index in [0.29, 0.717) is 15.6 Å². The van der Waals surface area contributed by atoms with Gasteiger partial charge in [0.15, 0.2) is 5.72 Å². The molecule has 136 valence electrons. The lowest BCUT2D eigenvalue weighted by atomic mass is 9.96. The van der Waals surface area contributed by atoms with E-state index in [1.54, 1.807) is 30.3 Å². The zero-order chi connectivity index (χ0) is 18.9. The highest BCUT2D eigenvalue weighted by atomic mass is 35.5. The molecule has 0 radical (unpaired) electrons. The number of alkyl halides is 3. The van der Waals surface area contributed by atoms with Crippen molar-refractivity contribution in [2.45, 2.75) is 24.7 Å². The average Bonchev–Trinajstić information content (AvgIpc) is 2.95. The lowest BCUT2D eigenvalue weighted by Crippen LogP contribution is -2.44. The summed E-state index contributed by atoms with van der Waals surface area (Å²) in [4.78, 5) is 12.6. The standard InChI is InChI=1S/C18H14ClF3N2O2/c19-14-8-6-13(7-9-14)17(26)11-15(18(20,21)22)23-24(17)16(25)10-12-4-2-1-3-5-12/h1-9,26H,10-11H2/t17-/m1/s1. The van der Waals surface area contributed by atoms with Gasteiger partial charge in [-0.15, -0.1) is 0 Å². The van der Waals surface area contributed by atoms with Crippen LogP contribution in [0.5, 0.6) is 0 Å². The van der Waals surface area contributed by atoms with Crippen LogP contribution in [0.1, 0.15) is 17.5 Å². The molecular formula is C18H14ClF3N2O2. The van der Waals surface area contributed by atoms with E-state index >= 15 is 0 Å². The molecule has 0 fully saturated rings. The minimum absolute atomic E-state index is 0.103. The summed E-state index contributed by atoms with van der Waals surface area (Å²) in [7, 11) is 0. The molecule has 0 bridgehead atoms. The Morgan fingerprint density at radius 2 is 1.77 bits per heavy atom. The van der Waals surface area contributed by atoms with Gasteiger partial charge in [-0.1, -0.05) is 54.1 Å². The van der Waals surface area contributed by atoms with Crippen LogP contribution in [-0.2, 0) is 16.9 Å². The van der Waals surface area contributed by atoms with Crippen LogP contribution < -0.4 is 0 Å². The number of hydrogen-bond acceptors (Lipinski definition) is 3. The summed E-state index contributed by atoms with van der Waals surface area (Å²) >= 11 is 5.80. The maximum atomic E-state index is 13.1. The molecule has 1 amide bonds. The third-order valence-corrected chi connectivity index (χ3v) is 4.31. The molecule has 0 saturated carbocycles.